The fraction of sp³-hybridized carbons (Fsp3) is 0.588. The summed E-state index contributed by atoms with van der Waals surface area (Å²) in [6, 6.07) is 10.0. The minimum Gasteiger partial charge on any atom is -0.391 e. The number of nitrogens with zero attached hydrogens (tertiary/aromatic N) is 1. The zero-order chi connectivity index (χ0) is 16.4. The summed E-state index contributed by atoms with van der Waals surface area (Å²) in [4.78, 5) is 4.60. The van der Waals surface area contributed by atoms with Gasteiger partial charge in [-0.15, -0.1) is 24.0 Å². The highest BCUT2D eigenvalue weighted by atomic mass is 127. The molecule has 0 aliphatic carbocycles. The molecule has 0 heterocycles. The molecule has 0 saturated heterocycles. The first kappa shape index (κ1) is 22.5. The van der Waals surface area contributed by atoms with Crippen LogP contribution < -0.4 is 10.6 Å². The zero-order valence-electron chi connectivity index (χ0n) is 14.5. The van der Waals surface area contributed by atoms with Crippen LogP contribution in [0, 0.1) is 0 Å². The van der Waals surface area contributed by atoms with Gasteiger partial charge in [0, 0.05) is 24.3 Å². The second-order valence-corrected chi connectivity index (χ2v) is 7.40. The number of guanidine groups is 1. The number of halogens is 1. The van der Waals surface area contributed by atoms with Crippen LogP contribution in [-0.2, 0) is 6.42 Å². The molecular formula is C17H30IN3OS. The Kier molecular flexibility index (Phi) is 11.7. The van der Waals surface area contributed by atoms with Gasteiger partial charge in [-0.2, -0.15) is 11.8 Å². The van der Waals surface area contributed by atoms with E-state index in [1.165, 1.54) is 0 Å². The monoisotopic (exact) mass is 451 g/mol. The number of nitrogens with one attached hydrogen (secondary N) is 2. The average molecular weight is 451 g/mol. The first-order valence-electron chi connectivity index (χ1n) is 7.76. The second kappa shape index (κ2) is 12.0. The molecule has 0 radical (unpaired) electrons. The summed E-state index contributed by atoms with van der Waals surface area (Å²) in [6.45, 7) is 8.42. The molecule has 23 heavy (non-hydrogen) atoms. The van der Waals surface area contributed by atoms with Gasteiger partial charge in [0.05, 0.1) is 12.6 Å². The molecule has 1 aromatic carbocycles. The van der Waals surface area contributed by atoms with Crippen molar-refractivity contribution in [1.82, 2.24) is 10.6 Å². The van der Waals surface area contributed by atoms with E-state index in [9.17, 15) is 5.11 Å². The third-order valence-electron chi connectivity index (χ3n) is 3.33. The van der Waals surface area contributed by atoms with Gasteiger partial charge in [0.1, 0.15) is 0 Å². The SMILES string of the molecule is CCNC(=NCC(C)(C)SC)NCC(O)Cc1ccccc1.I. The maximum Gasteiger partial charge on any atom is 0.191 e. The van der Waals surface area contributed by atoms with Crippen LogP contribution in [0.3, 0.4) is 0 Å². The predicted octanol–water partition coefficient (Wildman–Crippen LogP) is 2.90. The van der Waals surface area contributed by atoms with Crippen LogP contribution in [0.1, 0.15) is 26.3 Å². The number of benzene rings is 1. The molecule has 3 N–H and O–H groups in total. The molecule has 132 valence electrons. The lowest BCUT2D eigenvalue weighted by molar-refractivity contribution is 0.177. The van der Waals surface area contributed by atoms with E-state index < -0.39 is 6.10 Å². The van der Waals surface area contributed by atoms with Crippen LogP contribution in [0.15, 0.2) is 35.3 Å². The molecule has 1 rings (SSSR count). The summed E-state index contributed by atoms with van der Waals surface area (Å²) in [6.07, 6.45) is 2.31. The van der Waals surface area contributed by atoms with Gasteiger partial charge in [0.25, 0.3) is 0 Å². The molecule has 1 atom stereocenters. The lowest BCUT2D eigenvalue weighted by Gasteiger charge is -2.21. The topological polar surface area (TPSA) is 56.7 Å². The number of thioether (sulfide) groups is 1. The van der Waals surface area contributed by atoms with Crippen LogP contribution in [0.4, 0.5) is 0 Å². The first-order chi connectivity index (χ1) is 10.5. The molecule has 0 aromatic heterocycles. The van der Waals surface area contributed by atoms with Crippen molar-refractivity contribution in [3.05, 3.63) is 35.9 Å². The summed E-state index contributed by atoms with van der Waals surface area (Å²) < 4.78 is 0.116. The van der Waals surface area contributed by atoms with Crippen molar-refractivity contribution in [2.24, 2.45) is 4.99 Å². The molecule has 1 aromatic rings. The van der Waals surface area contributed by atoms with E-state index in [2.05, 4.69) is 35.7 Å². The summed E-state index contributed by atoms with van der Waals surface area (Å²) in [5, 5.41) is 16.6. The smallest absolute Gasteiger partial charge is 0.191 e. The van der Waals surface area contributed by atoms with Crippen molar-refractivity contribution in [2.45, 2.75) is 38.0 Å². The van der Waals surface area contributed by atoms with Gasteiger partial charge in [-0.3, -0.25) is 4.99 Å². The number of hydrogen-bond acceptors (Lipinski definition) is 3. The van der Waals surface area contributed by atoms with Crippen LogP contribution in [0.25, 0.3) is 0 Å². The van der Waals surface area contributed by atoms with E-state index in [1.54, 1.807) is 11.8 Å². The molecule has 0 saturated carbocycles. The number of aliphatic hydroxyl groups is 1. The Labute approximate surface area is 162 Å². The molecule has 0 bridgehead atoms. The van der Waals surface area contributed by atoms with E-state index in [0.29, 0.717) is 13.0 Å². The molecular weight excluding hydrogens is 421 g/mol. The number of aliphatic imine (C=N–C) groups is 1. The Bertz CT molecular complexity index is 454. The Hall–Kier alpha value is -0.470. The van der Waals surface area contributed by atoms with Crippen LogP contribution >= 0.6 is 35.7 Å². The minimum absolute atomic E-state index is 0. The average Bonchev–Trinajstić information content (AvgIpc) is 2.51. The highest BCUT2D eigenvalue weighted by Crippen LogP contribution is 2.20. The first-order valence-corrected chi connectivity index (χ1v) is 8.98. The molecule has 1 unspecified atom stereocenters. The van der Waals surface area contributed by atoms with E-state index in [4.69, 9.17) is 0 Å². The Balaban J connectivity index is 0.00000484. The molecule has 0 fully saturated rings. The second-order valence-electron chi connectivity index (χ2n) is 5.88. The summed E-state index contributed by atoms with van der Waals surface area (Å²) in [5.41, 5.74) is 1.14. The van der Waals surface area contributed by atoms with Gasteiger partial charge in [0.2, 0.25) is 0 Å². The summed E-state index contributed by atoms with van der Waals surface area (Å²) in [7, 11) is 0. The Morgan fingerprint density at radius 3 is 2.48 bits per heavy atom. The van der Waals surface area contributed by atoms with Crippen molar-refractivity contribution >= 4 is 41.7 Å². The highest BCUT2D eigenvalue weighted by molar-refractivity contribution is 14.0. The van der Waals surface area contributed by atoms with E-state index in [-0.39, 0.29) is 28.7 Å². The van der Waals surface area contributed by atoms with Gasteiger partial charge in [-0.05, 0) is 32.6 Å². The maximum absolute atomic E-state index is 10.1. The standard InChI is InChI=1S/C17H29N3OS.HI/c1-5-18-16(20-13-17(2,3)22-4)19-12-15(21)11-14-9-7-6-8-10-14;/h6-10,15,21H,5,11-13H2,1-4H3,(H2,18,19,20);1H. The molecule has 0 aliphatic heterocycles. The fourth-order valence-corrected chi connectivity index (χ4v) is 2.04. The van der Waals surface area contributed by atoms with Crippen molar-refractivity contribution < 1.29 is 5.11 Å². The molecule has 0 amide bonds. The molecule has 6 heteroatoms. The molecule has 0 aliphatic rings. The van der Waals surface area contributed by atoms with Gasteiger partial charge < -0.3 is 15.7 Å². The normalized spacial score (nSPS) is 13.2. The largest absolute Gasteiger partial charge is 0.391 e. The molecule has 0 spiro atoms. The Morgan fingerprint density at radius 2 is 1.91 bits per heavy atom. The third kappa shape index (κ3) is 10.1. The van der Waals surface area contributed by atoms with Gasteiger partial charge >= 0.3 is 0 Å². The lowest BCUT2D eigenvalue weighted by atomic mass is 10.1. The highest BCUT2D eigenvalue weighted by Gasteiger charge is 2.15. The fourth-order valence-electron chi connectivity index (χ4n) is 1.85. The van der Waals surface area contributed by atoms with E-state index in [1.807, 2.05) is 37.3 Å². The van der Waals surface area contributed by atoms with Gasteiger partial charge in [-0.25, -0.2) is 0 Å². The zero-order valence-corrected chi connectivity index (χ0v) is 17.7. The maximum atomic E-state index is 10.1. The number of hydrogen-bond donors (Lipinski definition) is 3. The third-order valence-corrected chi connectivity index (χ3v) is 4.57. The van der Waals surface area contributed by atoms with Gasteiger partial charge in [-0.1, -0.05) is 30.3 Å². The summed E-state index contributed by atoms with van der Waals surface area (Å²) in [5.74, 6) is 0.761. The predicted molar refractivity (Wildman–Crippen MR) is 113 cm³/mol. The van der Waals surface area contributed by atoms with Crippen LogP contribution in [0.2, 0.25) is 0 Å². The lowest BCUT2D eigenvalue weighted by Crippen LogP contribution is -2.42. The Morgan fingerprint density at radius 1 is 1.26 bits per heavy atom. The van der Waals surface area contributed by atoms with Crippen molar-refractivity contribution in [1.29, 1.82) is 0 Å². The number of aliphatic hydroxyl groups excluding tert-OH is 1. The van der Waals surface area contributed by atoms with Crippen molar-refractivity contribution in [3.63, 3.8) is 0 Å². The minimum atomic E-state index is -0.431. The van der Waals surface area contributed by atoms with Crippen molar-refractivity contribution in [3.8, 4) is 0 Å². The summed E-state index contributed by atoms with van der Waals surface area (Å²) >= 11 is 1.80. The van der Waals surface area contributed by atoms with Crippen molar-refractivity contribution in [2.75, 3.05) is 25.9 Å². The van der Waals surface area contributed by atoms with Crippen LogP contribution in [0.5, 0.6) is 0 Å². The van der Waals surface area contributed by atoms with Gasteiger partial charge in [0.15, 0.2) is 5.96 Å². The van der Waals surface area contributed by atoms with E-state index >= 15 is 0 Å². The number of rotatable bonds is 8. The molecule has 4 nitrogen and oxygen atoms in total. The van der Waals surface area contributed by atoms with Crippen LogP contribution in [-0.4, -0.2) is 47.8 Å². The quantitative estimate of drug-likeness (QED) is 0.323. The van der Waals surface area contributed by atoms with E-state index in [0.717, 1.165) is 24.6 Å².